The number of piperidine rings is 1. The minimum atomic E-state index is 0.532. The molecule has 3 heterocycles. The maximum atomic E-state index is 6.57. The molecule has 3 heteroatoms. The van der Waals surface area contributed by atoms with Crippen molar-refractivity contribution in [2.24, 2.45) is 17.8 Å². The van der Waals surface area contributed by atoms with E-state index in [4.69, 9.17) is 9.40 Å². The van der Waals surface area contributed by atoms with E-state index in [1.807, 2.05) is 0 Å². The lowest BCUT2D eigenvalue weighted by Crippen LogP contribution is -2.47. The first kappa shape index (κ1) is 18.2. The van der Waals surface area contributed by atoms with Crippen LogP contribution in [-0.2, 0) is 0 Å². The third-order valence-corrected chi connectivity index (χ3v) is 8.81. The molecule has 4 aliphatic rings. The molecule has 0 radical (unpaired) electrons. The Kier molecular flexibility index (Phi) is 5.08. The first-order valence-electron chi connectivity index (χ1n) is 11.9. The number of aromatic nitrogens is 1. The smallest absolute Gasteiger partial charge is 0.199 e. The number of likely N-dealkylation sites (N-methyl/N-ethyl adjacent to an activating group) is 1. The fourth-order valence-electron chi connectivity index (χ4n) is 7.08. The second-order valence-corrected chi connectivity index (χ2v) is 10.3. The summed E-state index contributed by atoms with van der Waals surface area (Å²) in [4.78, 5) is 7.61. The van der Waals surface area contributed by atoms with Crippen molar-refractivity contribution in [3.63, 3.8) is 0 Å². The van der Waals surface area contributed by atoms with Gasteiger partial charge in [0.15, 0.2) is 5.89 Å². The number of nitrogens with zero attached hydrogens (tertiary/aromatic N) is 2. The first-order valence-corrected chi connectivity index (χ1v) is 11.9. The van der Waals surface area contributed by atoms with E-state index >= 15 is 0 Å². The van der Waals surface area contributed by atoms with Crippen LogP contribution in [-0.4, -0.2) is 29.0 Å². The Morgan fingerprint density at radius 3 is 2.52 bits per heavy atom. The Bertz CT molecular complexity index is 626. The van der Waals surface area contributed by atoms with Crippen molar-refractivity contribution in [3.05, 3.63) is 17.8 Å². The van der Waals surface area contributed by atoms with Gasteiger partial charge in [0.2, 0.25) is 0 Å². The fourth-order valence-corrected chi connectivity index (χ4v) is 7.08. The molecule has 2 bridgehead atoms. The quantitative estimate of drug-likeness (QED) is 0.642. The molecule has 2 aliphatic carbocycles. The van der Waals surface area contributed by atoms with Crippen molar-refractivity contribution >= 4 is 0 Å². The summed E-state index contributed by atoms with van der Waals surface area (Å²) in [5.41, 5.74) is 0. The lowest BCUT2D eigenvalue weighted by Gasteiger charge is -2.46. The van der Waals surface area contributed by atoms with E-state index in [2.05, 4.69) is 25.1 Å². The average molecular weight is 371 g/mol. The SMILES string of the molecule is CC1CCC([C@H]2C[C@H]3CCC(C2c2ncc(C4CCCCC4)o2)N3C)CC1. The standard InChI is InChI=1S/C24H38N2O/c1-16-8-10-17(11-9-16)20-14-19-12-13-21(26(19)2)23(20)24-25-15-22(27-24)18-6-4-3-5-7-18/h15-21,23H,3-14H2,1-2H3/t16?,17?,19-,20-,21?,23?/m1/s1. The lowest BCUT2D eigenvalue weighted by atomic mass is 9.67. The van der Waals surface area contributed by atoms with Crippen molar-refractivity contribution in [3.8, 4) is 0 Å². The highest BCUT2D eigenvalue weighted by Crippen LogP contribution is 2.52. The van der Waals surface area contributed by atoms with Gasteiger partial charge in [0, 0.05) is 18.0 Å². The zero-order valence-corrected chi connectivity index (χ0v) is 17.4. The van der Waals surface area contributed by atoms with E-state index in [0.29, 0.717) is 17.9 Å². The summed E-state index contributed by atoms with van der Waals surface area (Å²) in [5, 5.41) is 0. The Labute approximate surface area is 165 Å². The van der Waals surface area contributed by atoms with Crippen LogP contribution in [0.4, 0.5) is 0 Å². The van der Waals surface area contributed by atoms with Crippen molar-refractivity contribution in [1.82, 2.24) is 9.88 Å². The normalized spacial score (nSPS) is 41.1. The van der Waals surface area contributed by atoms with Crippen LogP contribution < -0.4 is 0 Å². The van der Waals surface area contributed by atoms with Crippen LogP contribution in [0.15, 0.2) is 10.6 Å². The summed E-state index contributed by atoms with van der Waals surface area (Å²) in [6.45, 7) is 2.44. The van der Waals surface area contributed by atoms with Gasteiger partial charge in [-0.05, 0) is 69.7 Å². The highest BCUT2D eigenvalue weighted by molar-refractivity contribution is 5.14. The van der Waals surface area contributed by atoms with Crippen molar-refractivity contribution in [2.75, 3.05) is 7.05 Å². The third-order valence-electron chi connectivity index (χ3n) is 8.81. The number of hydrogen-bond acceptors (Lipinski definition) is 3. The van der Waals surface area contributed by atoms with Crippen molar-refractivity contribution < 1.29 is 4.42 Å². The molecule has 1 aromatic heterocycles. The molecule has 0 aromatic carbocycles. The Morgan fingerprint density at radius 2 is 1.74 bits per heavy atom. The molecule has 4 atom stereocenters. The molecule has 5 rings (SSSR count). The number of fused-ring (bicyclic) bond motifs is 2. The molecule has 2 aliphatic heterocycles. The molecule has 3 nitrogen and oxygen atoms in total. The molecular formula is C24H38N2O. The highest BCUT2D eigenvalue weighted by Gasteiger charge is 2.50. The van der Waals surface area contributed by atoms with Crippen molar-refractivity contribution in [2.45, 2.75) is 108 Å². The predicted octanol–water partition coefficient (Wildman–Crippen LogP) is 6.11. The maximum Gasteiger partial charge on any atom is 0.199 e. The highest BCUT2D eigenvalue weighted by atomic mass is 16.4. The predicted molar refractivity (Wildman–Crippen MR) is 109 cm³/mol. The average Bonchev–Trinajstić information content (AvgIpc) is 3.26. The van der Waals surface area contributed by atoms with Crippen LogP contribution in [0, 0.1) is 17.8 Å². The van der Waals surface area contributed by atoms with Crippen LogP contribution in [0.2, 0.25) is 0 Å². The van der Waals surface area contributed by atoms with Gasteiger partial charge in [0.05, 0.1) is 12.1 Å². The minimum Gasteiger partial charge on any atom is -0.445 e. The summed E-state index contributed by atoms with van der Waals surface area (Å²) >= 11 is 0. The summed E-state index contributed by atoms with van der Waals surface area (Å²) in [7, 11) is 2.36. The van der Waals surface area contributed by atoms with Crippen molar-refractivity contribution in [1.29, 1.82) is 0 Å². The van der Waals surface area contributed by atoms with Gasteiger partial charge < -0.3 is 4.42 Å². The third kappa shape index (κ3) is 3.39. The van der Waals surface area contributed by atoms with Gasteiger partial charge in [0.1, 0.15) is 5.76 Å². The Hall–Kier alpha value is -0.830. The molecule has 2 saturated carbocycles. The molecule has 1 aromatic rings. The number of rotatable bonds is 3. The van der Waals surface area contributed by atoms with E-state index in [9.17, 15) is 0 Å². The molecular weight excluding hydrogens is 332 g/mol. The summed E-state index contributed by atoms with van der Waals surface area (Å²) in [5.74, 6) is 6.08. The van der Waals surface area contributed by atoms with Gasteiger partial charge in [-0.2, -0.15) is 0 Å². The molecule has 2 saturated heterocycles. The van der Waals surface area contributed by atoms with E-state index in [0.717, 1.165) is 29.7 Å². The van der Waals surface area contributed by atoms with Gasteiger partial charge in [-0.1, -0.05) is 39.0 Å². The zero-order valence-electron chi connectivity index (χ0n) is 17.4. The molecule has 150 valence electrons. The molecule has 0 amide bonds. The number of hydrogen-bond donors (Lipinski definition) is 0. The Balaban J connectivity index is 1.41. The van der Waals surface area contributed by atoms with Crippen LogP contribution in [0.1, 0.15) is 107 Å². The minimum absolute atomic E-state index is 0.532. The molecule has 2 unspecified atom stereocenters. The summed E-state index contributed by atoms with van der Waals surface area (Å²) in [6, 6.07) is 1.47. The second kappa shape index (κ2) is 7.54. The fraction of sp³-hybridized carbons (Fsp3) is 0.875. The van der Waals surface area contributed by atoms with Gasteiger partial charge >= 0.3 is 0 Å². The molecule has 0 N–H and O–H groups in total. The molecule has 4 fully saturated rings. The maximum absolute atomic E-state index is 6.57. The van der Waals surface area contributed by atoms with Crippen LogP contribution in [0.25, 0.3) is 0 Å². The Morgan fingerprint density at radius 1 is 0.963 bits per heavy atom. The topological polar surface area (TPSA) is 29.3 Å². The van der Waals surface area contributed by atoms with E-state index in [1.165, 1.54) is 82.8 Å². The lowest BCUT2D eigenvalue weighted by molar-refractivity contribution is 0.0466. The van der Waals surface area contributed by atoms with E-state index < -0.39 is 0 Å². The molecule has 0 spiro atoms. The second-order valence-electron chi connectivity index (χ2n) is 10.3. The largest absolute Gasteiger partial charge is 0.445 e. The molecule has 27 heavy (non-hydrogen) atoms. The van der Waals surface area contributed by atoms with Gasteiger partial charge in [-0.3, -0.25) is 4.90 Å². The van der Waals surface area contributed by atoms with Crippen LogP contribution in [0.3, 0.4) is 0 Å². The zero-order chi connectivity index (χ0) is 18.4. The monoisotopic (exact) mass is 370 g/mol. The number of oxazole rings is 1. The van der Waals surface area contributed by atoms with Crippen LogP contribution >= 0.6 is 0 Å². The van der Waals surface area contributed by atoms with E-state index in [1.54, 1.807) is 0 Å². The van der Waals surface area contributed by atoms with Crippen LogP contribution in [0.5, 0.6) is 0 Å². The first-order chi connectivity index (χ1) is 13.2. The van der Waals surface area contributed by atoms with E-state index in [-0.39, 0.29) is 0 Å². The van der Waals surface area contributed by atoms with Gasteiger partial charge in [-0.15, -0.1) is 0 Å². The van der Waals surface area contributed by atoms with Gasteiger partial charge in [0.25, 0.3) is 0 Å². The summed E-state index contributed by atoms with van der Waals surface area (Å²) < 4.78 is 6.57. The van der Waals surface area contributed by atoms with Gasteiger partial charge in [-0.25, -0.2) is 4.98 Å². The summed E-state index contributed by atoms with van der Waals surface area (Å²) in [6.07, 6.45) is 18.6.